The van der Waals surface area contributed by atoms with Gasteiger partial charge in [-0.25, -0.2) is 0 Å². The highest BCUT2D eigenvalue weighted by Gasteiger charge is 2.27. The van der Waals surface area contributed by atoms with Gasteiger partial charge in [0.2, 0.25) is 0 Å². The summed E-state index contributed by atoms with van der Waals surface area (Å²) in [7, 11) is 6.09. The van der Waals surface area contributed by atoms with Crippen molar-refractivity contribution in [3.05, 3.63) is 52.3 Å². The van der Waals surface area contributed by atoms with Crippen LogP contribution in [0.15, 0.2) is 24.3 Å². The molecule has 1 aliphatic heterocycles. The molecule has 0 radical (unpaired) electrons. The van der Waals surface area contributed by atoms with Gasteiger partial charge in [-0.05, 0) is 44.6 Å². The summed E-state index contributed by atoms with van der Waals surface area (Å²) in [6, 6.07) is 8.07. The van der Waals surface area contributed by atoms with Crippen LogP contribution in [0.1, 0.15) is 46.2 Å². The summed E-state index contributed by atoms with van der Waals surface area (Å²) in [6.07, 6.45) is 3.06. The second-order valence-electron chi connectivity index (χ2n) is 7.16. The molecule has 0 unspecified atom stereocenters. The topological polar surface area (TPSA) is 41.4 Å². The van der Waals surface area contributed by atoms with Gasteiger partial charge in [0, 0.05) is 31.3 Å². The highest BCUT2D eigenvalue weighted by Crippen LogP contribution is 2.24. The fourth-order valence-electron chi connectivity index (χ4n) is 3.54. The molecule has 1 aliphatic rings. The Labute approximate surface area is 150 Å². The zero-order chi connectivity index (χ0) is 18.0. The van der Waals surface area contributed by atoms with E-state index < -0.39 is 0 Å². The first-order valence-corrected chi connectivity index (χ1v) is 9.06. The molecule has 25 heavy (non-hydrogen) atoms. The lowest BCUT2D eigenvalue weighted by Crippen LogP contribution is -2.36. The molecule has 0 atom stereocenters. The molecule has 0 aliphatic carbocycles. The molecule has 1 amide bonds. The zero-order valence-electron chi connectivity index (χ0n) is 15.7. The van der Waals surface area contributed by atoms with E-state index in [-0.39, 0.29) is 5.91 Å². The van der Waals surface area contributed by atoms with E-state index in [2.05, 4.69) is 43.2 Å². The Morgan fingerprint density at radius 3 is 2.60 bits per heavy atom. The van der Waals surface area contributed by atoms with Crippen molar-refractivity contribution < 1.29 is 4.79 Å². The molecule has 0 saturated carbocycles. The molecule has 0 spiro atoms. The maximum absolute atomic E-state index is 12.9. The highest BCUT2D eigenvalue weighted by atomic mass is 16.2. The molecule has 5 nitrogen and oxygen atoms in total. The Hall–Kier alpha value is -2.14. The fourth-order valence-corrected chi connectivity index (χ4v) is 3.54. The van der Waals surface area contributed by atoms with Crippen molar-refractivity contribution in [3.8, 4) is 0 Å². The summed E-state index contributed by atoms with van der Waals surface area (Å²) in [5, 5.41) is 4.67. The second kappa shape index (κ2) is 7.40. The Morgan fingerprint density at radius 1 is 1.24 bits per heavy atom. The van der Waals surface area contributed by atoms with Crippen molar-refractivity contribution in [2.75, 3.05) is 20.6 Å². The molecule has 3 rings (SSSR count). The molecule has 2 heterocycles. The minimum Gasteiger partial charge on any atom is -0.332 e. The first-order chi connectivity index (χ1) is 12.0. The third kappa shape index (κ3) is 3.76. The number of aryl methyl sites for hydroxylation is 2. The van der Waals surface area contributed by atoms with Gasteiger partial charge in [0.15, 0.2) is 0 Å². The lowest BCUT2D eigenvalue weighted by Gasteiger charge is -2.28. The van der Waals surface area contributed by atoms with E-state index in [1.807, 2.05) is 28.8 Å². The van der Waals surface area contributed by atoms with E-state index in [0.29, 0.717) is 6.54 Å². The lowest BCUT2D eigenvalue weighted by atomic mass is 10.0. The minimum absolute atomic E-state index is 0.115. The molecule has 134 valence electrons. The Balaban J connectivity index is 1.76. The summed E-state index contributed by atoms with van der Waals surface area (Å²) in [4.78, 5) is 16.9. The molecule has 0 saturated heterocycles. The molecule has 0 N–H and O–H groups in total. The van der Waals surface area contributed by atoms with Gasteiger partial charge in [-0.1, -0.05) is 25.5 Å². The van der Waals surface area contributed by atoms with E-state index in [4.69, 9.17) is 0 Å². The van der Waals surface area contributed by atoms with Gasteiger partial charge >= 0.3 is 0 Å². The van der Waals surface area contributed by atoms with Crippen molar-refractivity contribution in [3.63, 3.8) is 0 Å². The number of hydrogen-bond acceptors (Lipinski definition) is 3. The highest BCUT2D eigenvalue weighted by molar-refractivity contribution is 5.94. The lowest BCUT2D eigenvalue weighted by molar-refractivity contribution is 0.0730. The monoisotopic (exact) mass is 340 g/mol. The van der Waals surface area contributed by atoms with Gasteiger partial charge in [0.1, 0.15) is 0 Å². The number of nitrogens with zero attached hydrogens (tertiary/aromatic N) is 4. The molecule has 1 aromatic heterocycles. The first kappa shape index (κ1) is 17.7. The van der Waals surface area contributed by atoms with Crippen molar-refractivity contribution >= 4 is 5.91 Å². The summed E-state index contributed by atoms with van der Waals surface area (Å²) in [5.74, 6) is 0.115. The van der Waals surface area contributed by atoms with E-state index in [9.17, 15) is 4.79 Å². The van der Waals surface area contributed by atoms with Crippen LogP contribution in [0.4, 0.5) is 0 Å². The van der Waals surface area contributed by atoms with Crippen LogP contribution in [0.3, 0.4) is 0 Å². The van der Waals surface area contributed by atoms with Gasteiger partial charge in [-0.15, -0.1) is 0 Å². The number of amides is 1. The molecule has 5 heteroatoms. The van der Waals surface area contributed by atoms with E-state index in [1.54, 1.807) is 0 Å². The van der Waals surface area contributed by atoms with Crippen molar-refractivity contribution in [1.82, 2.24) is 19.6 Å². The fraction of sp³-hybridized carbons (Fsp3) is 0.500. The third-order valence-corrected chi connectivity index (χ3v) is 4.82. The van der Waals surface area contributed by atoms with Gasteiger partial charge in [-0.2, -0.15) is 5.10 Å². The SMILES string of the molecule is CCCc1ccc(C(=O)N2CCc3c(CN(C)C)nn(C)c3C2)cc1. The summed E-state index contributed by atoms with van der Waals surface area (Å²) < 4.78 is 1.94. The molecule has 0 fully saturated rings. The Bertz CT molecular complexity index is 746. The smallest absolute Gasteiger partial charge is 0.254 e. The number of hydrogen-bond donors (Lipinski definition) is 0. The van der Waals surface area contributed by atoms with Crippen LogP contribution in [0.25, 0.3) is 0 Å². The number of fused-ring (bicyclic) bond motifs is 1. The number of carbonyl (C=O) groups excluding carboxylic acids is 1. The van der Waals surface area contributed by atoms with Crippen molar-refractivity contribution in [2.24, 2.45) is 7.05 Å². The van der Waals surface area contributed by atoms with Gasteiger partial charge in [0.25, 0.3) is 5.91 Å². The number of rotatable bonds is 5. The van der Waals surface area contributed by atoms with Gasteiger partial charge in [-0.3, -0.25) is 9.48 Å². The second-order valence-corrected chi connectivity index (χ2v) is 7.16. The maximum atomic E-state index is 12.9. The van der Waals surface area contributed by atoms with Crippen LogP contribution in [-0.2, 0) is 33.0 Å². The Morgan fingerprint density at radius 2 is 1.96 bits per heavy atom. The minimum atomic E-state index is 0.115. The summed E-state index contributed by atoms with van der Waals surface area (Å²) in [5.41, 5.74) is 5.69. The number of carbonyl (C=O) groups is 1. The zero-order valence-corrected chi connectivity index (χ0v) is 15.7. The predicted octanol–water partition coefficient (Wildman–Crippen LogP) is 2.63. The summed E-state index contributed by atoms with van der Waals surface area (Å²) >= 11 is 0. The van der Waals surface area contributed by atoms with Crippen LogP contribution in [-0.4, -0.2) is 46.1 Å². The average Bonchev–Trinajstić information content (AvgIpc) is 2.90. The largest absolute Gasteiger partial charge is 0.332 e. The van der Waals surface area contributed by atoms with Crippen LogP contribution < -0.4 is 0 Å². The number of benzene rings is 1. The van der Waals surface area contributed by atoms with E-state index >= 15 is 0 Å². The van der Waals surface area contributed by atoms with Crippen LogP contribution >= 0.6 is 0 Å². The Kier molecular flexibility index (Phi) is 5.23. The molecular formula is C20H28N4O. The average molecular weight is 340 g/mol. The predicted molar refractivity (Wildman–Crippen MR) is 99.5 cm³/mol. The first-order valence-electron chi connectivity index (χ1n) is 9.06. The van der Waals surface area contributed by atoms with Gasteiger partial charge < -0.3 is 9.80 Å². The van der Waals surface area contributed by atoms with Crippen LogP contribution in [0, 0.1) is 0 Å². The van der Waals surface area contributed by atoms with Crippen molar-refractivity contribution in [1.29, 1.82) is 0 Å². The van der Waals surface area contributed by atoms with Crippen LogP contribution in [0.5, 0.6) is 0 Å². The maximum Gasteiger partial charge on any atom is 0.254 e. The third-order valence-electron chi connectivity index (χ3n) is 4.82. The summed E-state index contributed by atoms with van der Waals surface area (Å²) in [6.45, 7) is 4.41. The molecular weight excluding hydrogens is 312 g/mol. The standard InChI is InChI=1S/C20H28N4O/c1-5-6-15-7-9-16(10-8-15)20(25)24-12-11-17-18(13-22(2)3)21-23(4)19(17)14-24/h7-10H,5-6,11-14H2,1-4H3. The van der Waals surface area contributed by atoms with Crippen molar-refractivity contribution in [2.45, 2.75) is 39.3 Å². The van der Waals surface area contributed by atoms with Crippen LogP contribution in [0.2, 0.25) is 0 Å². The van der Waals surface area contributed by atoms with E-state index in [0.717, 1.165) is 43.6 Å². The van der Waals surface area contributed by atoms with E-state index in [1.165, 1.54) is 16.8 Å². The normalized spacial score (nSPS) is 14.0. The molecule has 0 bridgehead atoms. The molecule has 2 aromatic rings. The quantitative estimate of drug-likeness (QED) is 0.840. The molecule has 1 aromatic carbocycles. The number of aromatic nitrogens is 2. The van der Waals surface area contributed by atoms with Gasteiger partial charge in [0.05, 0.1) is 17.9 Å².